The zero-order valence-corrected chi connectivity index (χ0v) is 10.2. The number of methoxy groups -OCH3 is 2. The number of hydrogen-bond acceptors (Lipinski definition) is 3. The monoisotopic (exact) mass is 236 g/mol. The minimum Gasteiger partial charge on any atom is -0.497 e. The highest BCUT2D eigenvalue weighted by molar-refractivity contribution is 5.79. The Morgan fingerprint density at radius 3 is 2.59 bits per heavy atom. The van der Waals surface area contributed by atoms with Gasteiger partial charge in [-0.05, 0) is 25.0 Å². The molecule has 0 saturated carbocycles. The highest BCUT2D eigenvalue weighted by Crippen LogP contribution is 2.28. The molecule has 0 aliphatic rings. The van der Waals surface area contributed by atoms with Gasteiger partial charge < -0.3 is 14.6 Å². The van der Waals surface area contributed by atoms with E-state index in [1.54, 1.807) is 26.4 Å². The first-order valence-electron chi connectivity index (χ1n) is 5.19. The van der Waals surface area contributed by atoms with Gasteiger partial charge in [0.05, 0.1) is 14.2 Å². The zero-order valence-electron chi connectivity index (χ0n) is 10.2. The van der Waals surface area contributed by atoms with Gasteiger partial charge in [0.2, 0.25) is 0 Å². The lowest BCUT2D eigenvalue weighted by Gasteiger charge is -2.12. The molecule has 0 spiro atoms. The van der Waals surface area contributed by atoms with Gasteiger partial charge in [0.25, 0.3) is 0 Å². The number of carboxylic acids is 1. The van der Waals surface area contributed by atoms with Gasteiger partial charge in [-0.2, -0.15) is 0 Å². The van der Waals surface area contributed by atoms with E-state index in [1.807, 2.05) is 13.0 Å². The smallest absolute Gasteiger partial charge is 0.327 e. The quantitative estimate of drug-likeness (QED) is 0.796. The van der Waals surface area contributed by atoms with Gasteiger partial charge in [0.15, 0.2) is 0 Å². The molecule has 0 aliphatic carbocycles. The molecule has 1 aromatic rings. The molecule has 0 saturated heterocycles. The summed E-state index contributed by atoms with van der Waals surface area (Å²) in [7, 11) is 3.18. The number of rotatable bonds is 5. The Labute approximate surface area is 100 Å². The van der Waals surface area contributed by atoms with E-state index in [0.29, 0.717) is 12.2 Å². The Hall–Kier alpha value is -1.97. The van der Waals surface area contributed by atoms with E-state index in [0.717, 1.165) is 23.0 Å². The first-order valence-corrected chi connectivity index (χ1v) is 5.19. The van der Waals surface area contributed by atoms with E-state index >= 15 is 0 Å². The van der Waals surface area contributed by atoms with Crippen LogP contribution in [0.25, 0.3) is 0 Å². The van der Waals surface area contributed by atoms with Gasteiger partial charge in [-0.15, -0.1) is 0 Å². The lowest BCUT2D eigenvalue weighted by Crippen LogP contribution is -1.97. The fourth-order valence-electron chi connectivity index (χ4n) is 1.59. The van der Waals surface area contributed by atoms with Crippen molar-refractivity contribution in [3.05, 3.63) is 35.4 Å². The van der Waals surface area contributed by atoms with Gasteiger partial charge in [-0.25, -0.2) is 4.79 Å². The van der Waals surface area contributed by atoms with Gasteiger partial charge in [-0.1, -0.05) is 6.08 Å². The zero-order chi connectivity index (χ0) is 12.8. The third-order valence-corrected chi connectivity index (χ3v) is 2.44. The van der Waals surface area contributed by atoms with Crippen molar-refractivity contribution < 1.29 is 19.4 Å². The van der Waals surface area contributed by atoms with Crippen LogP contribution < -0.4 is 9.47 Å². The molecule has 4 nitrogen and oxygen atoms in total. The predicted octanol–water partition coefficient (Wildman–Crippen LogP) is 2.20. The van der Waals surface area contributed by atoms with Crippen molar-refractivity contribution in [3.8, 4) is 11.5 Å². The molecule has 0 aromatic heterocycles. The summed E-state index contributed by atoms with van der Waals surface area (Å²) in [5.41, 5.74) is 1.97. The number of carbonyl (C=O) groups is 1. The highest BCUT2D eigenvalue weighted by atomic mass is 16.5. The normalized spacial score (nSPS) is 10.5. The molecule has 17 heavy (non-hydrogen) atoms. The van der Waals surface area contributed by atoms with E-state index in [9.17, 15) is 4.79 Å². The number of benzene rings is 1. The Morgan fingerprint density at radius 1 is 1.35 bits per heavy atom. The summed E-state index contributed by atoms with van der Waals surface area (Å²) in [5.74, 6) is 0.484. The van der Waals surface area contributed by atoms with Crippen LogP contribution in [0, 0.1) is 6.92 Å². The number of ether oxygens (including phenoxy) is 2. The number of allylic oxidation sites excluding steroid dienone is 1. The minimum absolute atomic E-state index is 0.519. The van der Waals surface area contributed by atoms with Crippen molar-refractivity contribution in [1.82, 2.24) is 0 Å². The molecule has 0 fully saturated rings. The third-order valence-electron chi connectivity index (χ3n) is 2.44. The molecule has 0 unspecified atom stereocenters. The third kappa shape index (κ3) is 3.52. The van der Waals surface area contributed by atoms with Crippen LogP contribution in [0.4, 0.5) is 0 Å². The number of aliphatic carboxylic acids is 1. The number of aryl methyl sites for hydroxylation is 1. The van der Waals surface area contributed by atoms with Gasteiger partial charge in [0, 0.05) is 17.7 Å². The fourth-order valence-corrected chi connectivity index (χ4v) is 1.59. The summed E-state index contributed by atoms with van der Waals surface area (Å²) in [6, 6.07) is 3.68. The lowest BCUT2D eigenvalue weighted by atomic mass is 10.0. The Kier molecular flexibility index (Phi) is 4.57. The van der Waals surface area contributed by atoms with Crippen LogP contribution in [0.3, 0.4) is 0 Å². The molecule has 0 bridgehead atoms. The van der Waals surface area contributed by atoms with E-state index in [-0.39, 0.29) is 0 Å². The molecule has 0 atom stereocenters. The second-order valence-corrected chi connectivity index (χ2v) is 3.57. The SMILES string of the molecule is COc1cc(C)c(C/C=C/C(=O)O)c(OC)c1. The van der Waals surface area contributed by atoms with Crippen molar-refractivity contribution in [2.24, 2.45) is 0 Å². The molecule has 0 heterocycles. The summed E-state index contributed by atoms with van der Waals surface area (Å²) in [4.78, 5) is 10.4. The number of hydrogen-bond donors (Lipinski definition) is 1. The van der Waals surface area contributed by atoms with Crippen molar-refractivity contribution in [3.63, 3.8) is 0 Å². The summed E-state index contributed by atoms with van der Waals surface area (Å²) in [5, 5.41) is 8.53. The molecule has 0 radical (unpaired) electrons. The first-order chi connectivity index (χ1) is 8.08. The van der Waals surface area contributed by atoms with Crippen LogP contribution in [0.2, 0.25) is 0 Å². The average molecular weight is 236 g/mol. The van der Waals surface area contributed by atoms with E-state index in [4.69, 9.17) is 14.6 Å². The van der Waals surface area contributed by atoms with Crippen LogP contribution in [-0.4, -0.2) is 25.3 Å². The Bertz CT molecular complexity index is 435. The predicted molar refractivity (Wildman–Crippen MR) is 64.8 cm³/mol. The minimum atomic E-state index is -0.949. The van der Waals surface area contributed by atoms with Crippen molar-refractivity contribution in [2.45, 2.75) is 13.3 Å². The van der Waals surface area contributed by atoms with Gasteiger partial charge in [0.1, 0.15) is 11.5 Å². The number of carboxylic acid groups (broad SMARTS) is 1. The molecule has 0 amide bonds. The van der Waals surface area contributed by atoms with Crippen molar-refractivity contribution in [1.29, 1.82) is 0 Å². The van der Waals surface area contributed by atoms with Crippen LogP contribution in [0.1, 0.15) is 11.1 Å². The molecule has 1 aromatic carbocycles. The molecule has 92 valence electrons. The van der Waals surface area contributed by atoms with Crippen molar-refractivity contribution >= 4 is 5.97 Å². The van der Waals surface area contributed by atoms with Crippen LogP contribution in [-0.2, 0) is 11.2 Å². The molecule has 1 rings (SSSR count). The molecule has 4 heteroatoms. The van der Waals surface area contributed by atoms with E-state index in [1.165, 1.54) is 0 Å². The van der Waals surface area contributed by atoms with Gasteiger partial charge in [-0.3, -0.25) is 0 Å². The largest absolute Gasteiger partial charge is 0.497 e. The Morgan fingerprint density at radius 2 is 2.06 bits per heavy atom. The maximum Gasteiger partial charge on any atom is 0.327 e. The van der Waals surface area contributed by atoms with Gasteiger partial charge >= 0.3 is 5.97 Å². The maximum absolute atomic E-state index is 10.4. The summed E-state index contributed by atoms with van der Waals surface area (Å²) >= 11 is 0. The standard InChI is InChI=1S/C13H16O4/c1-9-7-10(16-2)8-12(17-3)11(9)5-4-6-13(14)15/h4,6-8H,5H2,1-3H3,(H,14,15)/b6-4+. The highest BCUT2D eigenvalue weighted by Gasteiger charge is 2.08. The lowest BCUT2D eigenvalue weighted by molar-refractivity contribution is -0.131. The molecule has 1 N–H and O–H groups in total. The Balaban J connectivity index is 3.01. The van der Waals surface area contributed by atoms with Crippen LogP contribution >= 0.6 is 0 Å². The second-order valence-electron chi connectivity index (χ2n) is 3.57. The molecular weight excluding hydrogens is 220 g/mol. The summed E-state index contributed by atoms with van der Waals surface area (Å²) in [6.45, 7) is 1.94. The first kappa shape index (κ1) is 13.1. The topological polar surface area (TPSA) is 55.8 Å². The second kappa shape index (κ2) is 5.94. The van der Waals surface area contributed by atoms with Crippen LogP contribution in [0.15, 0.2) is 24.3 Å². The van der Waals surface area contributed by atoms with Crippen molar-refractivity contribution in [2.75, 3.05) is 14.2 Å². The molecule has 0 aliphatic heterocycles. The summed E-state index contributed by atoms with van der Waals surface area (Å²) in [6.07, 6.45) is 3.24. The van der Waals surface area contributed by atoms with E-state index in [2.05, 4.69) is 0 Å². The average Bonchev–Trinajstić information content (AvgIpc) is 2.30. The maximum atomic E-state index is 10.4. The van der Waals surface area contributed by atoms with E-state index < -0.39 is 5.97 Å². The summed E-state index contributed by atoms with van der Waals surface area (Å²) < 4.78 is 10.4. The fraction of sp³-hybridized carbons (Fsp3) is 0.308. The molecular formula is C13H16O4. The van der Waals surface area contributed by atoms with Crippen LogP contribution in [0.5, 0.6) is 11.5 Å².